The first-order chi connectivity index (χ1) is 11.9. The smallest absolute Gasteiger partial charge is 0.378 e. The molecule has 0 aliphatic carbocycles. The molecule has 11 heteroatoms. The van der Waals surface area contributed by atoms with Gasteiger partial charge in [0.2, 0.25) is 5.82 Å². The molecule has 1 aromatic carbocycles. The van der Waals surface area contributed by atoms with Gasteiger partial charge in [-0.2, -0.15) is 18.2 Å². The normalized spacial score (nSPS) is 17.4. The second kappa shape index (κ2) is 8.47. The number of rotatable bonds is 4. The minimum atomic E-state index is -4.69. The molecule has 1 atom stereocenters. The first-order valence-electron chi connectivity index (χ1n) is 7.54. The Bertz CT molecular complexity index is 730. The molecule has 0 bridgehead atoms. The first kappa shape index (κ1) is 20.1. The maximum absolute atomic E-state index is 12.5. The first-order valence-corrected chi connectivity index (χ1v) is 7.54. The van der Waals surface area contributed by atoms with Gasteiger partial charge in [-0.15, -0.1) is 12.4 Å². The highest BCUT2D eigenvalue weighted by molar-refractivity contribution is 5.94. The third-order valence-corrected chi connectivity index (χ3v) is 3.58. The third-order valence-electron chi connectivity index (χ3n) is 3.58. The van der Waals surface area contributed by atoms with E-state index in [1.54, 1.807) is 0 Å². The maximum atomic E-state index is 12.5. The Hall–Kier alpha value is -2.17. The number of amides is 1. The van der Waals surface area contributed by atoms with Crippen LogP contribution < -0.4 is 10.6 Å². The molecule has 142 valence electrons. The van der Waals surface area contributed by atoms with Gasteiger partial charge in [0.05, 0.1) is 13.2 Å². The number of hydrogen-bond acceptors (Lipinski definition) is 6. The molecular formula is C15H16ClF3N4O3. The summed E-state index contributed by atoms with van der Waals surface area (Å²) in [5.41, 5.74) is 0.693. The topological polar surface area (TPSA) is 89.3 Å². The van der Waals surface area contributed by atoms with Crippen molar-refractivity contribution in [3.63, 3.8) is 0 Å². The summed E-state index contributed by atoms with van der Waals surface area (Å²) >= 11 is 0. The van der Waals surface area contributed by atoms with E-state index in [9.17, 15) is 18.0 Å². The standard InChI is InChI=1S/C15H15F3N4O3.ClH/c16-15(17,18)14-21-12(22-25-14)9-1-3-10(4-2-9)13(23)20-7-11-8-24-6-5-19-11;/h1-4,11,19H,5-8H2,(H,20,23);1H/t11-;/m1./s1. The summed E-state index contributed by atoms with van der Waals surface area (Å²) in [5, 5.41) is 9.28. The predicted octanol–water partition coefficient (Wildman–Crippen LogP) is 1.90. The quantitative estimate of drug-likeness (QED) is 0.826. The number of nitrogens with one attached hydrogen (secondary N) is 2. The van der Waals surface area contributed by atoms with Crippen LogP contribution in [0, 0.1) is 0 Å². The van der Waals surface area contributed by atoms with Crippen molar-refractivity contribution in [2.45, 2.75) is 12.2 Å². The van der Waals surface area contributed by atoms with E-state index in [2.05, 4.69) is 25.3 Å². The van der Waals surface area contributed by atoms with Gasteiger partial charge in [-0.1, -0.05) is 17.3 Å². The van der Waals surface area contributed by atoms with Gasteiger partial charge in [0.1, 0.15) is 0 Å². The predicted molar refractivity (Wildman–Crippen MR) is 86.9 cm³/mol. The summed E-state index contributed by atoms with van der Waals surface area (Å²) < 4.78 is 46.9. The number of carbonyl (C=O) groups is 1. The zero-order valence-electron chi connectivity index (χ0n) is 13.4. The van der Waals surface area contributed by atoms with Crippen molar-refractivity contribution in [2.24, 2.45) is 0 Å². The highest BCUT2D eigenvalue weighted by Gasteiger charge is 2.38. The number of carbonyl (C=O) groups excluding carboxylic acids is 1. The minimum Gasteiger partial charge on any atom is -0.378 e. The lowest BCUT2D eigenvalue weighted by molar-refractivity contribution is -0.159. The van der Waals surface area contributed by atoms with Crippen LogP contribution in [0.5, 0.6) is 0 Å². The van der Waals surface area contributed by atoms with Crippen molar-refractivity contribution in [1.82, 2.24) is 20.8 Å². The van der Waals surface area contributed by atoms with E-state index in [0.717, 1.165) is 6.54 Å². The van der Waals surface area contributed by atoms with Crippen LogP contribution in [0.2, 0.25) is 0 Å². The van der Waals surface area contributed by atoms with Crippen LogP contribution in [0.3, 0.4) is 0 Å². The number of hydrogen-bond donors (Lipinski definition) is 2. The van der Waals surface area contributed by atoms with Gasteiger partial charge in [0, 0.05) is 30.3 Å². The average molecular weight is 393 g/mol. The van der Waals surface area contributed by atoms with E-state index in [1.807, 2.05) is 0 Å². The number of alkyl halides is 3. The highest BCUT2D eigenvalue weighted by atomic mass is 35.5. The summed E-state index contributed by atoms with van der Waals surface area (Å²) in [6.07, 6.45) is -4.69. The molecule has 0 radical (unpaired) electrons. The molecule has 1 aliphatic rings. The molecule has 26 heavy (non-hydrogen) atoms. The van der Waals surface area contributed by atoms with Gasteiger partial charge in [0.25, 0.3) is 5.91 Å². The monoisotopic (exact) mass is 392 g/mol. The number of morpholine rings is 1. The van der Waals surface area contributed by atoms with Crippen molar-refractivity contribution in [3.8, 4) is 11.4 Å². The zero-order valence-corrected chi connectivity index (χ0v) is 14.2. The van der Waals surface area contributed by atoms with Crippen molar-refractivity contribution < 1.29 is 27.2 Å². The van der Waals surface area contributed by atoms with Gasteiger partial charge in [0.15, 0.2) is 0 Å². The fourth-order valence-electron chi connectivity index (χ4n) is 2.30. The molecule has 0 spiro atoms. The fourth-order valence-corrected chi connectivity index (χ4v) is 2.30. The molecule has 1 aromatic heterocycles. The molecule has 3 rings (SSSR count). The maximum Gasteiger partial charge on any atom is 0.471 e. The number of ether oxygens (including phenoxy) is 1. The summed E-state index contributed by atoms with van der Waals surface area (Å²) in [5.74, 6) is -1.89. The largest absolute Gasteiger partial charge is 0.471 e. The Morgan fingerprint density at radius 1 is 1.31 bits per heavy atom. The van der Waals surface area contributed by atoms with E-state index < -0.39 is 12.1 Å². The second-order valence-electron chi connectivity index (χ2n) is 5.43. The molecular weight excluding hydrogens is 377 g/mol. The molecule has 7 nitrogen and oxygen atoms in total. The Morgan fingerprint density at radius 3 is 2.62 bits per heavy atom. The second-order valence-corrected chi connectivity index (χ2v) is 5.43. The molecule has 2 heterocycles. The van der Waals surface area contributed by atoms with Crippen LogP contribution in [-0.2, 0) is 10.9 Å². The van der Waals surface area contributed by atoms with Gasteiger partial charge < -0.3 is 19.9 Å². The van der Waals surface area contributed by atoms with Crippen molar-refractivity contribution in [1.29, 1.82) is 0 Å². The lowest BCUT2D eigenvalue weighted by Gasteiger charge is -2.23. The van der Waals surface area contributed by atoms with Crippen LogP contribution >= 0.6 is 12.4 Å². The van der Waals surface area contributed by atoms with E-state index in [0.29, 0.717) is 30.9 Å². The summed E-state index contributed by atoms with van der Waals surface area (Å²) in [7, 11) is 0. The average Bonchev–Trinajstić information content (AvgIpc) is 3.11. The lowest BCUT2D eigenvalue weighted by Crippen LogP contribution is -2.48. The van der Waals surface area contributed by atoms with E-state index in [-0.39, 0.29) is 30.2 Å². The van der Waals surface area contributed by atoms with Crippen LogP contribution in [0.1, 0.15) is 16.2 Å². The van der Waals surface area contributed by atoms with Gasteiger partial charge in [-0.3, -0.25) is 4.79 Å². The van der Waals surface area contributed by atoms with E-state index >= 15 is 0 Å². The molecule has 2 aromatic rings. The fraction of sp³-hybridized carbons (Fsp3) is 0.400. The van der Waals surface area contributed by atoms with Crippen LogP contribution in [0.25, 0.3) is 11.4 Å². The van der Waals surface area contributed by atoms with Gasteiger partial charge >= 0.3 is 12.1 Å². The van der Waals surface area contributed by atoms with Gasteiger partial charge in [-0.05, 0) is 12.1 Å². The minimum absolute atomic E-state index is 0. The van der Waals surface area contributed by atoms with Crippen molar-refractivity contribution in [2.75, 3.05) is 26.3 Å². The SMILES string of the molecule is Cl.O=C(NC[C@@H]1COCCN1)c1ccc(-c2noc(C(F)(F)F)n2)cc1. The zero-order chi connectivity index (χ0) is 17.9. The Morgan fingerprint density at radius 2 is 2.04 bits per heavy atom. The summed E-state index contributed by atoms with van der Waals surface area (Å²) in [6.45, 7) is 2.33. The molecule has 1 aliphatic heterocycles. The molecule has 2 N–H and O–H groups in total. The van der Waals surface area contributed by atoms with E-state index in [4.69, 9.17) is 4.74 Å². The lowest BCUT2D eigenvalue weighted by atomic mass is 10.1. The van der Waals surface area contributed by atoms with Gasteiger partial charge in [-0.25, -0.2) is 0 Å². The third kappa shape index (κ3) is 4.93. The summed E-state index contributed by atoms with van der Waals surface area (Å²) in [4.78, 5) is 15.4. The van der Waals surface area contributed by atoms with Crippen LogP contribution in [0.15, 0.2) is 28.8 Å². The molecule has 1 saturated heterocycles. The molecule has 1 fully saturated rings. The number of benzene rings is 1. The van der Waals surface area contributed by atoms with Crippen molar-refractivity contribution >= 4 is 18.3 Å². The molecule has 0 saturated carbocycles. The van der Waals surface area contributed by atoms with Crippen LogP contribution in [-0.4, -0.2) is 48.4 Å². The van der Waals surface area contributed by atoms with E-state index in [1.165, 1.54) is 24.3 Å². The number of halogens is 4. The highest BCUT2D eigenvalue weighted by Crippen LogP contribution is 2.29. The molecule has 0 unspecified atom stereocenters. The van der Waals surface area contributed by atoms with Crippen LogP contribution in [0.4, 0.5) is 13.2 Å². The number of nitrogens with zero attached hydrogens (tertiary/aromatic N) is 2. The Labute approximate surface area is 152 Å². The Balaban J connectivity index is 0.00000243. The number of aromatic nitrogens is 2. The summed E-state index contributed by atoms with van der Waals surface area (Å²) in [6, 6.07) is 5.94. The van der Waals surface area contributed by atoms with Crippen molar-refractivity contribution in [3.05, 3.63) is 35.7 Å². The molecule has 1 amide bonds. The Kier molecular flexibility index (Phi) is 6.57.